The SMILES string of the molecule is [CH2+]O[Si]1(OC)CCCS1. The van der Waals surface area contributed by atoms with Gasteiger partial charge in [-0.1, -0.05) is 0 Å². The van der Waals surface area contributed by atoms with Crippen LogP contribution in [0.5, 0.6) is 0 Å². The van der Waals surface area contributed by atoms with Crippen LogP contribution < -0.4 is 0 Å². The van der Waals surface area contributed by atoms with Gasteiger partial charge in [-0.05, 0) is 12.2 Å². The van der Waals surface area contributed by atoms with Crippen LogP contribution in [0.25, 0.3) is 0 Å². The van der Waals surface area contributed by atoms with E-state index in [4.69, 9.17) is 8.85 Å². The molecule has 0 N–H and O–H groups in total. The molecule has 1 fully saturated rings. The molecule has 52 valence electrons. The first kappa shape index (κ1) is 7.46. The van der Waals surface area contributed by atoms with Gasteiger partial charge < -0.3 is 4.43 Å². The van der Waals surface area contributed by atoms with Crippen molar-refractivity contribution in [1.29, 1.82) is 0 Å². The van der Waals surface area contributed by atoms with Gasteiger partial charge in [0.15, 0.2) is 0 Å². The number of rotatable bonds is 2. The Hall–Kier alpha value is 0.357. The fraction of sp³-hybridized carbons (Fsp3) is 0.800. The topological polar surface area (TPSA) is 18.5 Å². The van der Waals surface area contributed by atoms with Crippen LogP contribution in [0.15, 0.2) is 0 Å². The van der Waals surface area contributed by atoms with Crippen molar-refractivity contribution in [1.82, 2.24) is 0 Å². The Bertz CT molecular complexity index is 87.0. The minimum atomic E-state index is -1.77. The Labute approximate surface area is 60.8 Å². The Morgan fingerprint density at radius 2 is 2.44 bits per heavy atom. The molecule has 1 aliphatic rings. The molecular weight excluding hydrogens is 152 g/mol. The lowest BCUT2D eigenvalue weighted by Gasteiger charge is -2.13. The summed E-state index contributed by atoms with van der Waals surface area (Å²) in [6, 6.07) is 1.09. The van der Waals surface area contributed by atoms with E-state index in [0.29, 0.717) is 0 Å². The third-order valence-electron chi connectivity index (χ3n) is 1.48. The van der Waals surface area contributed by atoms with Crippen molar-refractivity contribution in [2.45, 2.75) is 12.5 Å². The highest BCUT2D eigenvalue weighted by molar-refractivity contribution is 8.27. The lowest BCUT2D eigenvalue weighted by atomic mass is 10.6. The summed E-state index contributed by atoms with van der Waals surface area (Å²) in [6.07, 6.45) is 1.22. The number of hydrogen-bond acceptors (Lipinski definition) is 3. The van der Waals surface area contributed by atoms with Crippen molar-refractivity contribution in [3.05, 3.63) is 7.11 Å². The van der Waals surface area contributed by atoms with Crippen molar-refractivity contribution < 1.29 is 8.85 Å². The van der Waals surface area contributed by atoms with Crippen LogP contribution in [0.2, 0.25) is 6.04 Å². The summed E-state index contributed by atoms with van der Waals surface area (Å²) in [5.41, 5.74) is 0. The average molecular weight is 163 g/mol. The minimum Gasteiger partial charge on any atom is -0.387 e. The number of hydrogen-bond donors (Lipinski definition) is 0. The molecule has 0 aromatic carbocycles. The van der Waals surface area contributed by atoms with Gasteiger partial charge in [-0.3, -0.25) is 0 Å². The largest absolute Gasteiger partial charge is 0.460 e. The Morgan fingerprint density at radius 3 is 2.67 bits per heavy atom. The summed E-state index contributed by atoms with van der Waals surface area (Å²) in [7, 11) is 3.37. The summed E-state index contributed by atoms with van der Waals surface area (Å²) >= 11 is 1.82. The minimum absolute atomic E-state index is 1.09. The zero-order chi connectivity index (χ0) is 6.74. The molecule has 0 aromatic rings. The standard InChI is InChI=1S/C5H11O2SSi/c1-6-9(7-2)5-3-4-8-9/h1,3-5H2,2H3/q+1. The van der Waals surface area contributed by atoms with Crippen LogP contribution in [0.1, 0.15) is 6.42 Å². The third kappa shape index (κ3) is 1.43. The molecule has 0 saturated carbocycles. The second-order valence-electron chi connectivity index (χ2n) is 1.98. The van der Waals surface area contributed by atoms with Gasteiger partial charge in [0.1, 0.15) is 0 Å². The molecule has 1 heterocycles. The monoisotopic (exact) mass is 163 g/mol. The smallest absolute Gasteiger partial charge is 0.387 e. The van der Waals surface area contributed by atoms with Gasteiger partial charge in [0.05, 0.1) is 0 Å². The van der Waals surface area contributed by atoms with E-state index in [1.807, 2.05) is 11.2 Å². The fourth-order valence-corrected chi connectivity index (χ4v) is 6.04. The first-order valence-corrected chi connectivity index (χ1v) is 6.69. The van der Waals surface area contributed by atoms with Crippen LogP contribution in [-0.4, -0.2) is 20.6 Å². The summed E-state index contributed by atoms with van der Waals surface area (Å²) in [5, 5.41) is 0. The molecule has 0 radical (unpaired) electrons. The van der Waals surface area contributed by atoms with Gasteiger partial charge in [-0.25, -0.2) is 4.43 Å². The zero-order valence-electron chi connectivity index (χ0n) is 5.55. The lowest BCUT2D eigenvalue weighted by Crippen LogP contribution is -2.31. The van der Waals surface area contributed by atoms with Crippen LogP contribution >= 0.6 is 11.2 Å². The summed E-state index contributed by atoms with van der Waals surface area (Å²) in [5.74, 6) is 1.18. The molecule has 1 rings (SSSR count). The molecule has 0 aliphatic carbocycles. The van der Waals surface area contributed by atoms with E-state index >= 15 is 0 Å². The maximum absolute atomic E-state index is 5.27. The van der Waals surface area contributed by atoms with E-state index in [-0.39, 0.29) is 0 Å². The molecule has 9 heavy (non-hydrogen) atoms. The Kier molecular flexibility index (Phi) is 2.46. The molecule has 0 bridgehead atoms. The van der Waals surface area contributed by atoms with Crippen molar-refractivity contribution in [3.63, 3.8) is 0 Å². The molecule has 1 saturated heterocycles. The van der Waals surface area contributed by atoms with E-state index in [1.54, 1.807) is 7.11 Å². The summed E-state index contributed by atoms with van der Waals surface area (Å²) in [4.78, 5) is 0. The van der Waals surface area contributed by atoms with Crippen LogP contribution in [-0.2, 0) is 8.85 Å². The molecule has 0 amide bonds. The van der Waals surface area contributed by atoms with Crippen LogP contribution in [0.4, 0.5) is 0 Å². The highest BCUT2D eigenvalue weighted by Crippen LogP contribution is 2.35. The molecule has 1 aliphatic heterocycles. The fourth-order valence-electron chi connectivity index (χ4n) is 0.922. The zero-order valence-corrected chi connectivity index (χ0v) is 7.37. The van der Waals surface area contributed by atoms with Gasteiger partial charge >= 0.3 is 7.71 Å². The molecule has 2 nitrogen and oxygen atoms in total. The van der Waals surface area contributed by atoms with E-state index < -0.39 is 7.71 Å². The van der Waals surface area contributed by atoms with Gasteiger partial charge in [0.2, 0.25) is 7.11 Å². The van der Waals surface area contributed by atoms with E-state index in [0.717, 1.165) is 6.04 Å². The first-order valence-electron chi connectivity index (χ1n) is 2.95. The maximum atomic E-state index is 5.27. The van der Waals surface area contributed by atoms with E-state index in [1.165, 1.54) is 12.2 Å². The predicted molar refractivity (Wildman–Crippen MR) is 41.1 cm³/mol. The molecule has 0 spiro atoms. The maximum Gasteiger partial charge on any atom is 0.460 e. The molecule has 0 aromatic heterocycles. The normalized spacial score (nSPS) is 35.2. The van der Waals surface area contributed by atoms with Gasteiger partial charge in [-0.2, -0.15) is 0 Å². The van der Waals surface area contributed by atoms with E-state index in [2.05, 4.69) is 7.11 Å². The molecule has 4 heteroatoms. The van der Waals surface area contributed by atoms with Crippen LogP contribution in [0.3, 0.4) is 0 Å². The van der Waals surface area contributed by atoms with Crippen molar-refractivity contribution in [2.24, 2.45) is 0 Å². The highest BCUT2D eigenvalue weighted by Gasteiger charge is 2.44. The van der Waals surface area contributed by atoms with E-state index in [9.17, 15) is 0 Å². The molecule has 1 unspecified atom stereocenters. The van der Waals surface area contributed by atoms with Gasteiger partial charge in [-0.15, -0.1) is 11.2 Å². The Morgan fingerprint density at radius 1 is 1.67 bits per heavy atom. The van der Waals surface area contributed by atoms with Crippen molar-refractivity contribution in [2.75, 3.05) is 12.9 Å². The Balaban J connectivity index is 2.45. The third-order valence-corrected chi connectivity index (χ3v) is 7.84. The van der Waals surface area contributed by atoms with Gasteiger partial charge in [0, 0.05) is 13.2 Å². The highest BCUT2D eigenvalue weighted by atomic mass is 32.4. The second-order valence-corrected chi connectivity index (χ2v) is 7.98. The van der Waals surface area contributed by atoms with Crippen molar-refractivity contribution >= 4 is 18.9 Å². The van der Waals surface area contributed by atoms with Crippen LogP contribution in [0, 0.1) is 7.11 Å². The average Bonchev–Trinajstić information content (AvgIpc) is 2.36. The summed E-state index contributed by atoms with van der Waals surface area (Å²) < 4.78 is 10.3. The predicted octanol–water partition coefficient (Wildman–Crippen LogP) is 1.52. The van der Waals surface area contributed by atoms with Gasteiger partial charge in [0.25, 0.3) is 0 Å². The van der Waals surface area contributed by atoms with Crippen molar-refractivity contribution in [3.8, 4) is 0 Å². The quantitative estimate of drug-likeness (QED) is 0.454. The first-order chi connectivity index (χ1) is 4.33. The molecule has 1 atom stereocenters. The molecular formula is C5H11O2SSi+. The second kappa shape index (κ2) is 2.96. The summed E-state index contributed by atoms with van der Waals surface area (Å²) in [6.45, 7) is 0. The lowest BCUT2D eigenvalue weighted by molar-refractivity contribution is 0.294.